The van der Waals surface area contributed by atoms with Crippen LogP contribution in [0.15, 0.2) is 41.0 Å². The predicted octanol–water partition coefficient (Wildman–Crippen LogP) is 3.33. The molecule has 0 fully saturated rings. The summed E-state index contributed by atoms with van der Waals surface area (Å²) in [6.45, 7) is 1.27. The largest absolute Gasteiger partial charge is 0.467 e. The first-order valence-corrected chi connectivity index (χ1v) is 7.21. The molecule has 1 aromatic heterocycles. The second-order valence-corrected chi connectivity index (χ2v) is 5.68. The van der Waals surface area contributed by atoms with Crippen LogP contribution in [0, 0.1) is 0 Å². The van der Waals surface area contributed by atoms with Crippen molar-refractivity contribution in [1.82, 2.24) is 10.2 Å². The van der Waals surface area contributed by atoms with Crippen LogP contribution in [0.1, 0.15) is 11.3 Å². The molecule has 112 valence electrons. The number of nitrogens with one attached hydrogen (secondary N) is 1. The quantitative estimate of drug-likeness (QED) is 0.885. The number of halogens is 2. The minimum absolute atomic E-state index is 0.0676. The number of carbonyl (C=O) groups is 1. The number of nitrogens with zero attached hydrogens (tertiary/aromatic N) is 1. The number of likely N-dealkylation sites (N-methyl/N-ethyl adjacent to an activating group) is 1. The van der Waals surface area contributed by atoms with Crippen LogP contribution in [-0.4, -0.2) is 24.4 Å². The molecule has 0 atom stereocenters. The molecule has 1 aromatic carbocycles. The van der Waals surface area contributed by atoms with Crippen LogP contribution in [-0.2, 0) is 17.9 Å². The minimum atomic E-state index is -0.0676. The van der Waals surface area contributed by atoms with Gasteiger partial charge in [-0.1, -0.05) is 23.2 Å². The molecule has 1 N–H and O–H groups in total. The Balaban J connectivity index is 1.80. The lowest BCUT2D eigenvalue weighted by molar-refractivity contribution is -0.122. The molecule has 0 saturated heterocycles. The highest BCUT2D eigenvalue weighted by atomic mass is 35.5. The standard InChI is InChI=1S/C15H16Cl2N2O2/c1-19(9-11-5-12(16)7-13(17)6-11)10-15(20)18-8-14-3-2-4-21-14/h2-7H,8-10H2,1H3,(H,18,20). The average Bonchev–Trinajstić information content (AvgIpc) is 2.87. The first-order chi connectivity index (χ1) is 10.0. The Kier molecular flexibility index (Phi) is 5.67. The molecular formula is C15H16Cl2N2O2. The second-order valence-electron chi connectivity index (χ2n) is 4.81. The van der Waals surface area contributed by atoms with Crippen LogP contribution < -0.4 is 5.32 Å². The maximum Gasteiger partial charge on any atom is 0.234 e. The molecule has 4 nitrogen and oxygen atoms in total. The fourth-order valence-corrected chi connectivity index (χ4v) is 2.54. The van der Waals surface area contributed by atoms with Crippen molar-refractivity contribution in [1.29, 1.82) is 0 Å². The van der Waals surface area contributed by atoms with Crippen LogP contribution in [0.4, 0.5) is 0 Å². The van der Waals surface area contributed by atoms with Crippen LogP contribution in [0.25, 0.3) is 0 Å². The van der Waals surface area contributed by atoms with Gasteiger partial charge in [0.25, 0.3) is 0 Å². The van der Waals surface area contributed by atoms with E-state index >= 15 is 0 Å². The van der Waals surface area contributed by atoms with Gasteiger partial charge in [-0.3, -0.25) is 9.69 Å². The van der Waals surface area contributed by atoms with Gasteiger partial charge < -0.3 is 9.73 Å². The van der Waals surface area contributed by atoms with Crippen LogP contribution in [0.5, 0.6) is 0 Å². The number of furan rings is 1. The third-order valence-corrected chi connectivity index (χ3v) is 3.26. The third-order valence-electron chi connectivity index (χ3n) is 2.83. The first kappa shape index (κ1) is 15.9. The fraction of sp³-hybridized carbons (Fsp3) is 0.267. The molecule has 0 aliphatic heterocycles. The summed E-state index contributed by atoms with van der Waals surface area (Å²) in [5.41, 5.74) is 0.967. The number of benzene rings is 1. The number of hydrogen-bond donors (Lipinski definition) is 1. The molecule has 2 aromatic rings. The predicted molar refractivity (Wildman–Crippen MR) is 83.4 cm³/mol. The number of carbonyl (C=O) groups excluding carboxylic acids is 1. The van der Waals surface area contributed by atoms with Gasteiger partial charge in [0.15, 0.2) is 0 Å². The van der Waals surface area contributed by atoms with E-state index in [1.54, 1.807) is 18.4 Å². The molecule has 1 heterocycles. The van der Waals surface area contributed by atoms with E-state index in [2.05, 4.69) is 5.32 Å². The summed E-state index contributed by atoms with van der Waals surface area (Å²) in [5.74, 6) is 0.662. The second kappa shape index (κ2) is 7.50. The lowest BCUT2D eigenvalue weighted by Gasteiger charge is -2.16. The molecule has 1 amide bonds. The van der Waals surface area contributed by atoms with Crippen LogP contribution in [0.3, 0.4) is 0 Å². The SMILES string of the molecule is CN(CC(=O)NCc1ccco1)Cc1cc(Cl)cc(Cl)c1. The summed E-state index contributed by atoms with van der Waals surface area (Å²) < 4.78 is 5.15. The molecular weight excluding hydrogens is 311 g/mol. The van der Waals surface area contributed by atoms with E-state index in [-0.39, 0.29) is 12.5 Å². The van der Waals surface area contributed by atoms with Gasteiger partial charge in [0.05, 0.1) is 19.4 Å². The zero-order valence-corrected chi connectivity index (χ0v) is 13.1. The summed E-state index contributed by atoms with van der Waals surface area (Å²) >= 11 is 11.9. The molecule has 0 spiro atoms. The van der Waals surface area contributed by atoms with Crippen molar-refractivity contribution in [2.45, 2.75) is 13.1 Å². The highest BCUT2D eigenvalue weighted by Gasteiger charge is 2.08. The number of hydrogen-bond acceptors (Lipinski definition) is 3. The molecule has 0 unspecified atom stereocenters. The topological polar surface area (TPSA) is 45.5 Å². The summed E-state index contributed by atoms with van der Waals surface area (Å²) in [6.07, 6.45) is 1.58. The van der Waals surface area contributed by atoms with E-state index in [0.717, 1.165) is 11.3 Å². The molecule has 21 heavy (non-hydrogen) atoms. The summed E-state index contributed by atoms with van der Waals surface area (Å²) in [7, 11) is 1.86. The van der Waals surface area contributed by atoms with Gasteiger partial charge in [0.2, 0.25) is 5.91 Å². The smallest absolute Gasteiger partial charge is 0.234 e. The van der Waals surface area contributed by atoms with Crippen molar-refractivity contribution >= 4 is 29.1 Å². The van der Waals surface area contributed by atoms with Crippen molar-refractivity contribution in [2.75, 3.05) is 13.6 Å². The van der Waals surface area contributed by atoms with Gasteiger partial charge >= 0.3 is 0 Å². The highest BCUT2D eigenvalue weighted by Crippen LogP contribution is 2.19. The Hall–Kier alpha value is -1.49. The van der Waals surface area contributed by atoms with E-state index in [9.17, 15) is 4.79 Å². The number of amides is 1. The fourth-order valence-electron chi connectivity index (χ4n) is 1.97. The van der Waals surface area contributed by atoms with Crippen LogP contribution >= 0.6 is 23.2 Å². The maximum absolute atomic E-state index is 11.8. The van der Waals surface area contributed by atoms with Gasteiger partial charge in [0.1, 0.15) is 5.76 Å². The molecule has 0 aliphatic rings. The normalized spacial score (nSPS) is 10.9. The average molecular weight is 327 g/mol. The molecule has 0 saturated carbocycles. The number of rotatable bonds is 6. The maximum atomic E-state index is 11.8. The lowest BCUT2D eigenvalue weighted by atomic mass is 10.2. The van der Waals surface area contributed by atoms with Crippen LogP contribution in [0.2, 0.25) is 10.0 Å². The Morgan fingerprint density at radius 1 is 1.29 bits per heavy atom. The Morgan fingerprint density at radius 2 is 2.00 bits per heavy atom. The van der Waals surface area contributed by atoms with E-state index in [0.29, 0.717) is 23.1 Å². The Bertz CT molecular complexity index is 579. The minimum Gasteiger partial charge on any atom is -0.467 e. The van der Waals surface area contributed by atoms with Gasteiger partial charge in [0, 0.05) is 16.6 Å². The molecule has 2 rings (SSSR count). The Morgan fingerprint density at radius 3 is 2.62 bits per heavy atom. The van der Waals surface area contributed by atoms with Crippen molar-refractivity contribution in [2.24, 2.45) is 0 Å². The van der Waals surface area contributed by atoms with E-state index in [4.69, 9.17) is 27.6 Å². The van der Waals surface area contributed by atoms with Gasteiger partial charge in [-0.2, -0.15) is 0 Å². The van der Waals surface area contributed by atoms with E-state index < -0.39 is 0 Å². The first-order valence-electron chi connectivity index (χ1n) is 6.45. The zero-order valence-electron chi connectivity index (χ0n) is 11.6. The van der Waals surface area contributed by atoms with Gasteiger partial charge in [-0.05, 0) is 42.9 Å². The van der Waals surface area contributed by atoms with Crippen molar-refractivity contribution in [3.63, 3.8) is 0 Å². The molecule has 0 radical (unpaired) electrons. The van der Waals surface area contributed by atoms with Gasteiger partial charge in [-0.15, -0.1) is 0 Å². The van der Waals surface area contributed by atoms with E-state index in [1.807, 2.05) is 30.1 Å². The third kappa shape index (κ3) is 5.42. The summed E-state index contributed by atoms with van der Waals surface area (Å²) in [6, 6.07) is 8.96. The molecule has 0 bridgehead atoms. The lowest BCUT2D eigenvalue weighted by Crippen LogP contribution is -2.34. The van der Waals surface area contributed by atoms with Crippen molar-refractivity contribution in [3.8, 4) is 0 Å². The summed E-state index contributed by atoms with van der Waals surface area (Å²) in [4.78, 5) is 13.7. The molecule has 0 aliphatic carbocycles. The Labute approximate surface area is 133 Å². The highest BCUT2D eigenvalue weighted by molar-refractivity contribution is 6.34. The van der Waals surface area contributed by atoms with E-state index in [1.165, 1.54) is 0 Å². The van der Waals surface area contributed by atoms with Gasteiger partial charge in [-0.25, -0.2) is 0 Å². The monoisotopic (exact) mass is 326 g/mol. The molecule has 6 heteroatoms. The van der Waals surface area contributed by atoms with Crippen molar-refractivity contribution in [3.05, 3.63) is 58.0 Å². The zero-order chi connectivity index (χ0) is 15.2. The summed E-state index contributed by atoms with van der Waals surface area (Å²) in [5, 5.41) is 3.98. The van der Waals surface area contributed by atoms with Crippen molar-refractivity contribution < 1.29 is 9.21 Å².